The van der Waals surface area contributed by atoms with Gasteiger partial charge in [-0.25, -0.2) is 0 Å². The Balaban J connectivity index is 0.872. The molecule has 2 aliphatic carbocycles. The molecule has 0 radical (unpaired) electrons. The zero-order chi connectivity index (χ0) is 67.5. The lowest BCUT2D eigenvalue weighted by atomic mass is 9.31. The number of piperidine rings is 1. The molecule has 6 aliphatic heterocycles. The highest BCUT2D eigenvalue weighted by Crippen LogP contribution is 2.61. The zero-order valence-electron chi connectivity index (χ0n) is 57.4. The van der Waals surface area contributed by atoms with Crippen LogP contribution in [0.4, 0.5) is 56.9 Å². The Kier molecular flexibility index (Phi) is 13.5. The molecular formula is C95H72B2N4S. The Morgan fingerprint density at radius 2 is 0.686 bits per heavy atom. The highest BCUT2D eigenvalue weighted by Gasteiger charge is 2.59. The number of fused-ring (bicyclic) bond motifs is 8. The monoisotopic (exact) mass is 1320 g/mol. The maximum absolute atomic E-state index is 2.91. The molecule has 2 saturated carbocycles. The van der Waals surface area contributed by atoms with Gasteiger partial charge in [0.1, 0.15) is 0 Å². The van der Waals surface area contributed by atoms with Gasteiger partial charge in [0.2, 0.25) is 6.71 Å². The predicted molar refractivity (Wildman–Crippen MR) is 433 cm³/mol. The van der Waals surface area contributed by atoms with Gasteiger partial charge in [0, 0.05) is 89.6 Å². The average Bonchev–Trinajstić information content (AvgIpc) is 0.816. The molecular weight excluding hydrogens is 1250 g/mol. The van der Waals surface area contributed by atoms with Gasteiger partial charge in [-0.05, 0) is 193 Å². The zero-order valence-corrected chi connectivity index (χ0v) is 58.2. The van der Waals surface area contributed by atoms with Crippen LogP contribution in [0.2, 0.25) is 0 Å². The van der Waals surface area contributed by atoms with E-state index in [1.54, 1.807) is 0 Å². The number of hydrogen-bond donors (Lipinski definition) is 0. The van der Waals surface area contributed by atoms with E-state index in [9.17, 15) is 0 Å². The third-order valence-electron chi connectivity index (χ3n) is 23.7. The molecule has 2 saturated heterocycles. The number of nitrogens with zero attached hydrogens (tertiary/aromatic N) is 4. The van der Waals surface area contributed by atoms with E-state index in [4.69, 9.17) is 0 Å². The molecule has 0 amide bonds. The van der Waals surface area contributed by atoms with Crippen LogP contribution in [0.5, 0.6) is 0 Å². The summed E-state index contributed by atoms with van der Waals surface area (Å²) in [4.78, 5) is 13.6. The summed E-state index contributed by atoms with van der Waals surface area (Å²) in [6.07, 6.45) is 3.94. The standard InChI is InChI=1S/C95H72B2N4S/c1-95(2,3)70-54-86-92-90(55-70)102-89-59-85-79(58-80(89)97(92)78-44-26-28-46-82(78)100(86)93-73(62-33-15-6-16-34-62)48-66(60-29-11-4-12-30-60)49-74(93)63-35-17-7-18-36-63)96-77-43-25-27-45-81(77)98(71-41-23-10-24-42-71)87-56-72(99-83-52-68-47-69(83)53-84(68)99)57-88(91(87)96)101(85)94-75(64-37-19-8-20-38-64)50-67(61-31-13-5-14-32-61)51-76(94)65-39-21-9-22-40-65/h4-46,48-51,54-59,68-69,83-84H,47,52-53H2,1-3H3. The Morgan fingerprint density at radius 1 is 0.294 bits per heavy atom. The van der Waals surface area contributed by atoms with Crippen LogP contribution in [0.3, 0.4) is 0 Å². The van der Waals surface area contributed by atoms with Crippen LogP contribution in [0.25, 0.3) is 66.8 Å². The molecule has 6 heterocycles. The largest absolute Gasteiger partial charge is 0.365 e. The Labute approximate surface area is 603 Å². The van der Waals surface area contributed by atoms with Gasteiger partial charge in [0.05, 0.1) is 11.4 Å². The van der Waals surface area contributed by atoms with Crippen molar-refractivity contribution >= 4 is 115 Å². The van der Waals surface area contributed by atoms with Crippen molar-refractivity contribution in [3.8, 4) is 66.8 Å². The molecule has 7 heteroatoms. The molecule has 14 aromatic rings. The first-order chi connectivity index (χ1) is 50.2. The van der Waals surface area contributed by atoms with Crippen LogP contribution in [-0.4, -0.2) is 25.5 Å². The van der Waals surface area contributed by atoms with Crippen molar-refractivity contribution in [3.63, 3.8) is 0 Å². The molecule has 4 nitrogen and oxygen atoms in total. The van der Waals surface area contributed by atoms with E-state index < -0.39 is 0 Å². The maximum Gasteiger partial charge on any atom is 0.252 e. The van der Waals surface area contributed by atoms with Crippen molar-refractivity contribution in [2.24, 2.45) is 11.8 Å². The fourth-order valence-corrected chi connectivity index (χ4v) is 20.5. The summed E-state index contributed by atoms with van der Waals surface area (Å²) in [5, 5.41) is 0. The van der Waals surface area contributed by atoms with E-state index in [1.165, 1.54) is 191 Å². The van der Waals surface area contributed by atoms with Crippen molar-refractivity contribution in [2.75, 3.05) is 19.6 Å². The first-order valence-corrected chi connectivity index (χ1v) is 37.4. The minimum atomic E-state index is -0.192. The maximum atomic E-state index is 2.91. The summed E-state index contributed by atoms with van der Waals surface area (Å²) in [6, 6.07) is 124. The van der Waals surface area contributed by atoms with Crippen molar-refractivity contribution in [1.29, 1.82) is 0 Å². The molecule has 4 atom stereocenters. The van der Waals surface area contributed by atoms with E-state index >= 15 is 0 Å². The molecule has 0 N–H and O–H groups in total. The number of hydrogen-bond acceptors (Lipinski definition) is 5. The summed E-state index contributed by atoms with van der Waals surface area (Å²) in [5.41, 5.74) is 35.5. The molecule has 102 heavy (non-hydrogen) atoms. The van der Waals surface area contributed by atoms with Gasteiger partial charge in [-0.2, -0.15) is 0 Å². The van der Waals surface area contributed by atoms with Gasteiger partial charge >= 0.3 is 0 Å². The molecule has 8 aliphatic rings. The fourth-order valence-electron chi connectivity index (χ4n) is 19.3. The Bertz CT molecular complexity index is 5550. The Hall–Kier alpha value is -11.2. The Morgan fingerprint density at radius 3 is 1.15 bits per heavy atom. The van der Waals surface area contributed by atoms with Crippen molar-refractivity contribution in [3.05, 3.63) is 327 Å². The second-order valence-corrected chi connectivity index (χ2v) is 31.3. The number of benzene rings is 14. The predicted octanol–water partition coefficient (Wildman–Crippen LogP) is 20.8. The second kappa shape index (κ2) is 23.2. The number of anilines is 10. The first-order valence-electron chi connectivity index (χ1n) is 36.6. The van der Waals surface area contributed by atoms with Crippen molar-refractivity contribution < 1.29 is 0 Å². The van der Waals surface area contributed by atoms with E-state index in [2.05, 4.69) is 362 Å². The lowest BCUT2D eigenvalue weighted by Gasteiger charge is -2.47. The van der Waals surface area contributed by atoms with E-state index in [1.807, 2.05) is 11.8 Å². The lowest BCUT2D eigenvalue weighted by molar-refractivity contribution is 0.540. The summed E-state index contributed by atoms with van der Waals surface area (Å²) in [5.74, 6) is 1.48. The lowest BCUT2D eigenvalue weighted by Crippen LogP contribution is -2.64. The topological polar surface area (TPSA) is 13.0 Å². The molecule has 4 unspecified atom stereocenters. The summed E-state index contributed by atoms with van der Waals surface area (Å²) < 4.78 is 0. The van der Waals surface area contributed by atoms with Gasteiger partial charge in [0.25, 0.3) is 6.71 Å². The molecule has 4 bridgehead atoms. The third kappa shape index (κ3) is 9.19. The van der Waals surface area contributed by atoms with E-state index in [-0.39, 0.29) is 18.8 Å². The van der Waals surface area contributed by atoms with Crippen molar-refractivity contribution in [2.45, 2.75) is 67.3 Å². The quantitative estimate of drug-likeness (QED) is 0.126. The molecule has 22 rings (SSSR count). The van der Waals surface area contributed by atoms with Gasteiger partial charge < -0.3 is 19.6 Å². The SMILES string of the molecule is CC(C)(C)c1cc2c3c(c1)N(c1c(-c4ccccc4)cc(-c4ccccc4)cc1-c1ccccc1)c1ccccc1B3c1cc3c(cc1S2)N(c1c(-c2ccccc2)cc(-c2ccccc2)cc1-c1ccccc1)c1cc(N2C4CC5CC4CC52)cc2c1B3c1ccccc1N2c1ccccc1. The average molecular weight is 1320 g/mol. The number of rotatable bonds is 10. The molecule has 14 aromatic carbocycles. The van der Waals surface area contributed by atoms with Gasteiger partial charge in [-0.15, -0.1) is 0 Å². The second-order valence-electron chi connectivity index (χ2n) is 30.2. The van der Waals surface area contributed by atoms with Gasteiger partial charge in [-0.3, -0.25) is 0 Å². The van der Waals surface area contributed by atoms with Gasteiger partial charge in [0.15, 0.2) is 0 Å². The molecule has 0 aromatic heterocycles. The smallest absolute Gasteiger partial charge is 0.252 e. The van der Waals surface area contributed by atoms with E-state index in [0.717, 1.165) is 11.8 Å². The van der Waals surface area contributed by atoms with Crippen molar-refractivity contribution in [1.82, 2.24) is 0 Å². The normalized spacial score (nSPS) is 17.5. The van der Waals surface area contributed by atoms with Crippen LogP contribution < -0.4 is 52.4 Å². The minimum Gasteiger partial charge on any atom is -0.365 e. The molecule has 4 fully saturated rings. The highest BCUT2D eigenvalue weighted by atomic mass is 32.2. The fraction of sp³-hybridized carbons (Fsp3) is 0.116. The van der Waals surface area contributed by atoms with Crippen LogP contribution in [0.1, 0.15) is 45.6 Å². The number of para-hydroxylation sites is 3. The van der Waals surface area contributed by atoms with Crippen LogP contribution in [0.15, 0.2) is 331 Å². The summed E-state index contributed by atoms with van der Waals surface area (Å²) in [6.45, 7) is 6.94. The minimum absolute atomic E-state index is 0.111. The highest BCUT2D eigenvalue weighted by molar-refractivity contribution is 8.00. The van der Waals surface area contributed by atoms with E-state index in [0.29, 0.717) is 12.1 Å². The first kappa shape index (κ1) is 59.6. The third-order valence-corrected chi connectivity index (χ3v) is 24.8. The summed E-state index contributed by atoms with van der Waals surface area (Å²) >= 11 is 1.98. The summed E-state index contributed by atoms with van der Waals surface area (Å²) in [7, 11) is 0. The van der Waals surface area contributed by atoms with Crippen LogP contribution in [-0.2, 0) is 5.41 Å². The van der Waals surface area contributed by atoms with Crippen LogP contribution in [0, 0.1) is 11.8 Å². The van der Waals surface area contributed by atoms with Gasteiger partial charge in [-0.1, -0.05) is 281 Å². The molecule has 484 valence electrons. The molecule has 0 spiro atoms. The van der Waals surface area contributed by atoms with Crippen LogP contribution >= 0.6 is 11.8 Å².